The van der Waals surface area contributed by atoms with E-state index >= 15 is 0 Å². The molecule has 82 valence electrons. The molecule has 0 unspecified atom stereocenters. The topological polar surface area (TPSA) is 121 Å². The molecule has 0 radical (unpaired) electrons. The van der Waals surface area contributed by atoms with E-state index in [9.17, 15) is 14.7 Å². The molecule has 0 aromatic heterocycles. The van der Waals surface area contributed by atoms with Gasteiger partial charge in [-0.2, -0.15) is 0 Å². The second-order valence-corrected chi connectivity index (χ2v) is 2.57. The van der Waals surface area contributed by atoms with Crippen LogP contribution in [0.1, 0.15) is 20.7 Å². The molecule has 0 saturated carbocycles. The number of carboxylic acids is 2. The average molecular weight is 234 g/mol. The number of nitrogen functional groups attached to an aromatic ring is 1. The summed E-state index contributed by atoms with van der Waals surface area (Å²) in [5.41, 5.74) is 4.14. The van der Waals surface area contributed by atoms with Gasteiger partial charge in [0, 0.05) is 0 Å². The molecule has 1 rings (SSSR count). The first-order valence-corrected chi connectivity index (χ1v) is 3.52. The standard InChI is InChI=1S/C8H7NO5.ClH/c9-5-2-3(7(11)12)1-4(6(5)10)8(13)14;/h1-2,10H,9H2,(H,11,12)(H,13,14);1H. The van der Waals surface area contributed by atoms with Crippen LogP contribution in [0.3, 0.4) is 0 Å². The number of aromatic hydroxyl groups is 1. The Morgan fingerprint density at radius 3 is 2.07 bits per heavy atom. The number of aromatic carboxylic acids is 2. The van der Waals surface area contributed by atoms with Gasteiger partial charge in [0.15, 0.2) is 5.75 Å². The first-order chi connectivity index (χ1) is 6.43. The molecule has 0 amide bonds. The number of rotatable bonds is 2. The van der Waals surface area contributed by atoms with E-state index in [2.05, 4.69) is 0 Å². The van der Waals surface area contributed by atoms with Gasteiger partial charge in [-0.15, -0.1) is 12.4 Å². The highest BCUT2D eigenvalue weighted by Crippen LogP contribution is 2.26. The van der Waals surface area contributed by atoms with Crippen LogP contribution in [-0.4, -0.2) is 27.3 Å². The lowest BCUT2D eigenvalue weighted by Gasteiger charge is -2.04. The molecule has 6 nitrogen and oxygen atoms in total. The predicted molar refractivity (Wildman–Crippen MR) is 53.7 cm³/mol. The molecule has 5 N–H and O–H groups in total. The monoisotopic (exact) mass is 233 g/mol. The number of hydrogen-bond acceptors (Lipinski definition) is 4. The molecular weight excluding hydrogens is 226 g/mol. The first kappa shape index (κ1) is 13.1. The summed E-state index contributed by atoms with van der Waals surface area (Å²) < 4.78 is 0. The largest absolute Gasteiger partial charge is 0.505 e. The van der Waals surface area contributed by atoms with Gasteiger partial charge in [-0.3, -0.25) is 0 Å². The SMILES string of the molecule is Cl.Nc1cc(C(=O)O)cc(C(=O)O)c1O. The molecular formula is C8H8ClNO5. The van der Waals surface area contributed by atoms with E-state index in [0.29, 0.717) is 0 Å². The lowest BCUT2D eigenvalue weighted by atomic mass is 10.1. The van der Waals surface area contributed by atoms with Crippen molar-refractivity contribution >= 4 is 30.0 Å². The van der Waals surface area contributed by atoms with Crippen molar-refractivity contribution in [3.8, 4) is 5.75 Å². The van der Waals surface area contributed by atoms with Crippen LogP contribution in [-0.2, 0) is 0 Å². The van der Waals surface area contributed by atoms with Gasteiger partial charge < -0.3 is 21.1 Å². The molecule has 0 bridgehead atoms. The summed E-state index contributed by atoms with van der Waals surface area (Å²) in [6.07, 6.45) is 0. The highest BCUT2D eigenvalue weighted by Gasteiger charge is 2.16. The maximum atomic E-state index is 10.5. The van der Waals surface area contributed by atoms with E-state index in [-0.39, 0.29) is 23.7 Å². The van der Waals surface area contributed by atoms with Gasteiger partial charge in [0.1, 0.15) is 5.56 Å². The van der Waals surface area contributed by atoms with Crippen molar-refractivity contribution in [3.05, 3.63) is 23.3 Å². The Morgan fingerprint density at radius 1 is 1.13 bits per heavy atom. The second kappa shape index (κ2) is 4.52. The molecule has 0 atom stereocenters. The zero-order valence-corrected chi connectivity index (χ0v) is 8.11. The first-order valence-electron chi connectivity index (χ1n) is 3.52. The molecule has 0 aliphatic rings. The fraction of sp³-hybridized carbons (Fsp3) is 0. The number of phenols is 1. The summed E-state index contributed by atoms with van der Waals surface area (Å²) >= 11 is 0. The summed E-state index contributed by atoms with van der Waals surface area (Å²) in [4.78, 5) is 21.0. The van der Waals surface area contributed by atoms with Gasteiger partial charge in [0.05, 0.1) is 11.3 Å². The van der Waals surface area contributed by atoms with Gasteiger partial charge in [-0.05, 0) is 12.1 Å². The molecule has 0 aliphatic heterocycles. The summed E-state index contributed by atoms with van der Waals surface area (Å²) in [6, 6.07) is 1.83. The Morgan fingerprint density at radius 2 is 1.67 bits per heavy atom. The number of carbonyl (C=O) groups is 2. The molecule has 0 aliphatic carbocycles. The molecule has 0 spiro atoms. The quantitative estimate of drug-likeness (QED) is 0.443. The zero-order chi connectivity index (χ0) is 10.9. The van der Waals surface area contributed by atoms with Crippen LogP contribution in [0.5, 0.6) is 5.75 Å². The summed E-state index contributed by atoms with van der Waals surface area (Å²) in [5.74, 6) is -3.36. The van der Waals surface area contributed by atoms with E-state index in [1.54, 1.807) is 0 Å². The van der Waals surface area contributed by atoms with E-state index in [1.807, 2.05) is 0 Å². The van der Waals surface area contributed by atoms with Crippen molar-refractivity contribution < 1.29 is 24.9 Å². The van der Waals surface area contributed by atoms with Crippen molar-refractivity contribution in [2.75, 3.05) is 5.73 Å². The average Bonchev–Trinajstić information content (AvgIpc) is 2.08. The van der Waals surface area contributed by atoms with Crippen LogP contribution in [0.2, 0.25) is 0 Å². The Bertz CT molecular complexity index is 418. The molecule has 1 aromatic carbocycles. The lowest BCUT2D eigenvalue weighted by molar-refractivity contribution is 0.0693. The highest BCUT2D eigenvalue weighted by atomic mass is 35.5. The maximum Gasteiger partial charge on any atom is 0.339 e. The van der Waals surface area contributed by atoms with E-state index in [1.165, 1.54) is 0 Å². The second-order valence-electron chi connectivity index (χ2n) is 2.57. The van der Waals surface area contributed by atoms with Crippen molar-refractivity contribution in [3.63, 3.8) is 0 Å². The number of anilines is 1. The molecule has 15 heavy (non-hydrogen) atoms. The van der Waals surface area contributed by atoms with Crippen LogP contribution in [0.25, 0.3) is 0 Å². The number of halogens is 1. The zero-order valence-electron chi connectivity index (χ0n) is 7.30. The van der Waals surface area contributed by atoms with Crippen LogP contribution >= 0.6 is 12.4 Å². The number of hydrogen-bond donors (Lipinski definition) is 4. The smallest absolute Gasteiger partial charge is 0.339 e. The Labute approximate surface area is 90.4 Å². The van der Waals surface area contributed by atoms with Crippen molar-refractivity contribution in [1.29, 1.82) is 0 Å². The Kier molecular flexibility index (Phi) is 3.93. The normalized spacial score (nSPS) is 9.07. The Hall–Kier alpha value is -1.95. The summed E-state index contributed by atoms with van der Waals surface area (Å²) in [5, 5.41) is 26.3. The van der Waals surface area contributed by atoms with Crippen LogP contribution in [0, 0.1) is 0 Å². The fourth-order valence-corrected chi connectivity index (χ4v) is 0.943. The molecule has 7 heteroatoms. The van der Waals surface area contributed by atoms with Gasteiger partial charge in [-0.25, -0.2) is 9.59 Å². The fourth-order valence-electron chi connectivity index (χ4n) is 0.943. The number of nitrogens with two attached hydrogens (primary N) is 1. The van der Waals surface area contributed by atoms with Crippen molar-refractivity contribution in [2.45, 2.75) is 0 Å². The van der Waals surface area contributed by atoms with Crippen LogP contribution < -0.4 is 5.73 Å². The van der Waals surface area contributed by atoms with Crippen molar-refractivity contribution in [1.82, 2.24) is 0 Å². The van der Waals surface area contributed by atoms with Gasteiger partial charge in [-0.1, -0.05) is 0 Å². The molecule has 1 aromatic rings. The van der Waals surface area contributed by atoms with Crippen molar-refractivity contribution in [2.24, 2.45) is 0 Å². The minimum absolute atomic E-state index is 0. The third-order valence-electron chi connectivity index (χ3n) is 1.62. The molecule has 0 saturated heterocycles. The van der Waals surface area contributed by atoms with Gasteiger partial charge in [0.2, 0.25) is 0 Å². The summed E-state index contributed by atoms with van der Waals surface area (Å²) in [6.45, 7) is 0. The number of benzene rings is 1. The van der Waals surface area contributed by atoms with E-state index in [0.717, 1.165) is 12.1 Å². The number of carboxylic acid groups (broad SMARTS) is 2. The molecule has 0 heterocycles. The predicted octanol–water partition coefficient (Wildman–Crippen LogP) is 0.793. The third-order valence-corrected chi connectivity index (χ3v) is 1.62. The summed E-state index contributed by atoms with van der Waals surface area (Å²) in [7, 11) is 0. The van der Waals surface area contributed by atoms with E-state index in [4.69, 9.17) is 15.9 Å². The minimum atomic E-state index is -1.43. The highest BCUT2D eigenvalue weighted by molar-refractivity contribution is 5.98. The van der Waals surface area contributed by atoms with Crippen LogP contribution in [0.15, 0.2) is 12.1 Å². The Balaban J connectivity index is 0.00000196. The van der Waals surface area contributed by atoms with Gasteiger partial charge >= 0.3 is 11.9 Å². The third kappa shape index (κ3) is 2.50. The van der Waals surface area contributed by atoms with E-state index < -0.39 is 23.3 Å². The lowest BCUT2D eigenvalue weighted by Crippen LogP contribution is -2.04. The minimum Gasteiger partial charge on any atom is -0.505 e. The molecule has 0 fully saturated rings. The van der Waals surface area contributed by atoms with Gasteiger partial charge in [0.25, 0.3) is 0 Å². The van der Waals surface area contributed by atoms with Crippen LogP contribution in [0.4, 0.5) is 5.69 Å². The maximum absolute atomic E-state index is 10.5.